The van der Waals surface area contributed by atoms with Gasteiger partial charge in [-0.25, -0.2) is 4.39 Å². The van der Waals surface area contributed by atoms with Gasteiger partial charge < -0.3 is 15.5 Å². The molecule has 2 aromatic rings. The molecule has 1 unspecified atom stereocenters. The molecule has 0 amide bonds. The first-order valence-electron chi connectivity index (χ1n) is 8.45. The van der Waals surface area contributed by atoms with E-state index in [-0.39, 0.29) is 11.9 Å². The van der Waals surface area contributed by atoms with Crippen LogP contribution in [0.5, 0.6) is 0 Å². The van der Waals surface area contributed by atoms with Gasteiger partial charge in [0.05, 0.1) is 6.04 Å². The average molecular weight is 395 g/mol. The van der Waals surface area contributed by atoms with Gasteiger partial charge in [-0.3, -0.25) is 4.99 Å². The largest absolute Gasteiger partial charge is 0.354 e. The Morgan fingerprint density at radius 1 is 1.27 bits per heavy atom. The summed E-state index contributed by atoms with van der Waals surface area (Å²) >= 11 is 3.45. The average Bonchev–Trinajstić information content (AvgIpc) is 3.13. The van der Waals surface area contributed by atoms with E-state index in [9.17, 15) is 4.39 Å². The molecule has 0 bridgehead atoms. The van der Waals surface area contributed by atoms with Gasteiger partial charge in [0.25, 0.3) is 0 Å². The summed E-state index contributed by atoms with van der Waals surface area (Å²) in [5.41, 5.74) is 2.11. The van der Waals surface area contributed by atoms with Crippen molar-refractivity contribution in [3.05, 3.63) is 57.5 Å². The maximum absolute atomic E-state index is 13.5. The maximum atomic E-state index is 13.5. The van der Waals surface area contributed by atoms with Crippen molar-refractivity contribution < 1.29 is 4.39 Å². The van der Waals surface area contributed by atoms with Gasteiger partial charge in [0, 0.05) is 30.8 Å². The van der Waals surface area contributed by atoms with E-state index in [1.165, 1.54) is 10.9 Å². The van der Waals surface area contributed by atoms with Crippen molar-refractivity contribution in [2.75, 3.05) is 33.9 Å². The van der Waals surface area contributed by atoms with E-state index in [2.05, 4.69) is 52.1 Å². The topological polar surface area (TPSA) is 39.7 Å². The Hall–Kier alpha value is -1.57. The smallest absolute Gasteiger partial charge is 0.191 e. The summed E-state index contributed by atoms with van der Waals surface area (Å²) < 4.78 is 13.5. The fourth-order valence-corrected chi connectivity index (χ4v) is 4.17. The molecular formula is C19H27FN4S2. The zero-order valence-corrected chi connectivity index (χ0v) is 17.4. The highest BCUT2D eigenvalue weighted by Crippen LogP contribution is 2.22. The van der Waals surface area contributed by atoms with Crippen molar-refractivity contribution in [3.8, 4) is 0 Å². The van der Waals surface area contributed by atoms with Crippen molar-refractivity contribution >= 4 is 29.1 Å². The van der Waals surface area contributed by atoms with Crippen molar-refractivity contribution in [1.82, 2.24) is 15.5 Å². The van der Waals surface area contributed by atoms with E-state index < -0.39 is 0 Å². The van der Waals surface area contributed by atoms with Gasteiger partial charge in [-0.1, -0.05) is 12.1 Å². The highest BCUT2D eigenvalue weighted by Gasteiger charge is 2.15. The van der Waals surface area contributed by atoms with Crippen LogP contribution < -0.4 is 10.6 Å². The second kappa shape index (κ2) is 10.5. The van der Waals surface area contributed by atoms with E-state index in [1.54, 1.807) is 36.2 Å². The summed E-state index contributed by atoms with van der Waals surface area (Å²) in [6, 6.07) is 9.48. The minimum absolute atomic E-state index is 0.190. The van der Waals surface area contributed by atoms with Crippen molar-refractivity contribution in [3.63, 3.8) is 0 Å². The minimum atomic E-state index is -0.190. The Bertz CT molecular complexity index is 702. The predicted octanol–water partition coefficient (Wildman–Crippen LogP) is 3.72. The molecule has 4 nitrogen and oxygen atoms in total. The Kier molecular flexibility index (Phi) is 8.41. The van der Waals surface area contributed by atoms with Crippen molar-refractivity contribution in [2.24, 2.45) is 4.99 Å². The predicted molar refractivity (Wildman–Crippen MR) is 113 cm³/mol. The number of likely N-dealkylation sites (N-methyl/N-ethyl adjacent to an activating group) is 1. The molecule has 0 fully saturated rings. The molecular weight excluding hydrogens is 367 g/mol. The molecule has 0 saturated heterocycles. The first-order valence-corrected chi connectivity index (χ1v) is 10.7. The molecule has 0 aliphatic carbocycles. The fourth-order valence-electron chi connectivity index (χ4n) is 2.67. The Morgan fingerprint density at radius 2 is 2.08 bits per heavy atom. The summed E-state index contributed by atoms with van der Waals surface area (Å²) in [4.78, 5) is 7.82. The van der Waals surface area contributed by atoms with Crippen LogP contribution in [0.1, 0.15) is 22.0 Å². The molecule has 1 aromatic heterocycles. The molecule has 0 saturated carbocycles. The first-order chi connectivity index (χ1) is 12.5. The molecule has 2 N–H and O–H groups in total. The van der Waals surface area contributed by atoms with Crippen LogP contribution in [0.4, 0.5) is 4.39 Å². The number of guanidine groups is 1. The van der Waals surface area contributed by atoms with Crippen LogP contribution in [-0.4, -0.2) is 44.8 Å². The number of thiophene rings is 1. The van der Waals surface area contributed by atoms with Crippen LogP contribution in [0.15, 0.2) is 40.7 Å². The molecule has 0 aliphatic rings. The molecule has 7 heteroatoms. The van der Waals surface area contributed by atoms with Crippen LogP contribution in [-0.2, 0) is 12.3 Å². The van der Waals surface area contributed by atoms with Crippen LogP contribution in [0, 0.1) is 5.82 Å². The van der Waals surface area contributed by atoms with E-state index in [0.717, 1.165) is 29.4 Å². The third kappa shape index (κ3) is 6.00. The quantitative estimate of drug-likeness (QED) is 0.529. The number of hydrogen-bond donors (Lipinski definition) is 2. The SMILES string of the molecule is CN=C(NCc1ccc(F)cc1CSC)NCC(c1cccs1)N(C)C. The van der Waals surface area contributed by atoms with E-state index in [1.807, 2.05) is 12.3 Å². The third-order valence-electron chi connectivity index (χ3n) is 4.10. The molecule has 1 heterocycles. The van der Waals surface area contributed by atoms with Gasteiger partial charge >= 0.3 is 0 Å². The van der Waals surface area contributed by atoms with Gasteiger partial charge in [-0.2, -0.15) is 11.8 Å². The van der Waals surface area contributed by atoms with Gasteiger partial charge in [0.15, 0.2) is 5.96 Å². The van der Waals surface area contributed by atoms with E-state index >= 15 is 0 Å². The third-order valence-corrected chi connectivity index (χ3v) is 5.67. The molecule has 0 aliphatic heterocycles. The Balaban J connectivity index is 1.96. The molecule has 1 atom stereocenters. The normalized spacial score (nSPS) is 13.1. The molecule has 0 radical (unpaired) electrons. The van der Waals surface area contributed by atoms with Crippen LogP contribution >= 0.6 is 23.1 Å². The lowest BCUT2D eigenvalue weighted by atomic mass is 10.1. The van der Waals surface area contributed by atoms with Gasteiger partial charge in [-0.15, -0.1) is 11.3 Å². The zero-order chi connectivity index (χ0) is 18.9. The van der Waals surface area contributed by atoms with E-state index in [0.29, 0.717) is 6.54 Å². The number of hydrogen-bond acceptors (Lipinski definition) is 4. The van der Waals surface area contributed by atoms with Gasteiger partial charge in [0.1, 0.15) is 5.82 Å². The standard InChI is InChI=1S/C19H27FN4S2/c1-21-19(23-12-17(24(2)3)18-6-5-9-26-18)22-11-14-7-8-16(20)10-15(14)13-25-4/h5-10,17H,11-13H2,1-4H3,(H2,21,22,23). The van der Waals surface area contributed by atoms with Crippen molar-refractivity contribution in [2.45, 2.75) is 18.3 Å². The lowest BCUT2D eigenvalue weighted by Gasteiger charge is -2.24. The van der Waals surface area contributed by atoms with Crippen LogP contribution in [0.2, 0.25) is 0 Å². The number of nitrogens with one attached hydrogen (secondary N) is 2. The Labute approximate surface area is 163 Å². The second-order valence-corrected chi connectivity index (χ2v) is 7.99. The number of halogens is 1. The van der Waals surface area contributed by atoms with Crippen LogP contribution in [0.25, 0.3) is 0 Å². The number of aliphatic imine (C=N–C) groups is 1. The van der Waals surface area contributed by atoms with Gasteiger partial charge in [-0.05, 0) is 55.1 Å². The van der Waals surface area contributed by atoms with Crippen LogP contribution in [0.3, 0.4) is 0 Å². The number of benzene rings is 1. The fraction of sp³-hybridized carbons (Fsp3) is 0.421. The molecule has 0 spiro atoms. The lowest BCUT2D eigenvalue weighted by molar-refractivity contribution is 0.302. The lowest BCUT2D eigenvalue weighted by Crippen LogP contribution is -2.41. The summed E-state index contributed by atoms with van der Waals surface area (Å²) in [6.07, 6.45) is 2.02. The molecule has 1 aromatic carbocycles. The number of thioether (sulfide) groups is 1. The highest BCUT2D eigenvalue weighted by molar-refractivity contribution is 7.97. The highest BCUT2D eigenvalue weighted by atomic mass is 32.2. The monoisotopic (exact) mass is 394 g/mol. The molecule has 26 heavy (non-hydrogen) atoms. The summed E-state index contributed by atoms with van der Waals surface area (Å²) in [7, 11) is 5.92. The zero-order valence-electron chi connectivity index (χ0n) is 15.8. The van der Waals surface area contributed by atoms with Gasteiger partial charge in [0.2, 0.25) is 0 Å². The Morgan fingerprint density at radius 3 is 2.69 bits per heavy atom. The molecule has 142 valence electrons. The van der Waals surface area contributed by atoms with E-state index in [4.69, 9.17) is 0 Å². The maximum Gasteiger partial charge on any atom is 0.191 e. The second-order valence-electron chi connectivity index (χ2n) is 6.15. The summed E-state index contributed by atoms with van der Waals surface area (Å²) in [5, 5.41) is 8.83. The summed E-state index contributed by atoms with van der Waals surface area (Å²) in [5.74, 6) is 1.35. The first kappa shape index (κ1) is 20.7. The number of rotatable bonds is 8. The molecule has 2 rings (SSSR count). The minimum Gasteiger partial charge on any atom is -0.354 e. The van der Waals surface area contributed by atoms with Crippen molar-refractivity contribution in [1.29, 1.82) is 0 Å². The summed E-state index contributed by atoms with van der Waals surface area (Å²) in [6.45, 7) is 1.37. The number of nitrogens with zero attached hydrogens (tertiary/aromatic N) is 2.